The molecule has 0 aliphatic carbocycles. The van der Waals surface area contributed by atoms with Crippen LogP contribution in [0.1, 0.15) is 39.4 Å². The molecule has 1 saturated heterocycles. The van der Waals surface area contributed by atoms with Crippen LogP contribution >= 0.6 is 0 Å². The number of imidazole rings is 1. The van der Waals surface area contributed by atoms with Crippen LogP contribution in [0.2, 0.25) is 0 Å². The number of hydrogen-bond acceptors (Lipinski definition) is 7. The van der Waals surface area contributed by atoms with Gasteiger partial charge in [0.15, 0.2) is 5.82 Å². The van der Waals surface area contributed by atoms with Gasteiger partial charge in [-0.15, -0.1) is 0 Å². The number of pyridine rings is 1. The highest BCUT2D eigenvalue weighted by Crippen LogP contribution is 2.37. The zero-order valence-electron chi connectivity index (χ0n) is 18.7. The lowest BCUT2D eigenvalue weighted by Gasteiger charge is -2.30. The largest absolute Gasteiger partial charge is 0.493 e. The highest BCUT2D eigenvalue weighted by Gasteiger charge is 2.36. The van der Waals surface area contributed by atoms with E-state index in [2.05, 4.69) is 14.7 Å². The Balaban J connectivity index is 1.47. The Morgan fingerprint density at radius 3 is 2.74 bits per heavy atom. The third-order valence-corrected chi connectivity index (χ3v) is 6.42. The second kappa shape index (κ2) is 8.76. The van der Waals surface area contributed by atoms with Gasteiger partial charge in [0, 0.05) is 19.7 Å². The molecular formula is C23H22F4N4O4. The third kappa shape index (κ3) is 4.31. The molecule has 35 heavy (non-hydrogen) atoms. The summed E-state index contributed by atoms with van der Waals surface area (Å²) >= 11 is 0. The minimum absolute atomic E-state index is 0.117. The first kappa shape index (κ1) is 23.5. The van der Waals surface area contributed by atoms with Crippen LogP contribution in [-0.2, 0) is 41.7 Å². The summed E-state index contributed by atoms with van der Waals surface area (Å²) in [4.78, 5) is 22.3. The van der Waals surface area contributed by atoms with Gasteiger partial charge in [0.2, 0.25) is 5.88 Å². The molecule has 0 amide bonds. The van der Waals surface area contributed by atoms with E-state index in [1.54, 1.807) is 10.6 Å². The lowest BCUT2D eigenvalue weighted by molar-refractivity contribution is -0.139. The van der Waals surface area contributed by atoms with Crippen molar-refractivity contribution < 1.29 is 36.9 Å². The normalized spacial score (nSPS) is 18.4. The number of rotatable bonds is 5. The quantitative estimate of drug-likeness (QED) is 0.430. The molecule has 3 aromatic rings. The molecule has 1 N–H and O–H groups in total. The van der Waals surface area contributed by atoms with Gasteiger partial charge in [-0.2, -0.15) is 13.2 Å². The number of nitrogens with zero attached hydrogens (tertiary/aromatic N) is 4. The van der Waals surface area contributed by atoms with Crippen LogP contribution in [0.4, 0.5) is 17.6 Å². The predicted molar refractivity (Wildman–Crippen MR) is 114 cm³/mol. The van der Waals surface area contributed by atoms with E-state index < -0.39 is 29.4 Å². The van der Waals surface area contributed by atoms with E-state index in [0.29, 0.717) is 48.7 Å². The summed E-state index contributed by atoms with van der Waals surface area (Å²) in [5.41, 5.74) is -0.0329. The smallest absolute Gasteiger partial charge is 0.421 e. The van der Waals surface area contributed by atoms with Crippen LogP contribution in [0.25, 0.3) is 11.0 Å². The molecule has 186 valence electrons. The first-order chi connectivity index (χ1) is 16.7. The van der Waals surface area contributed by atoms with Crippen LogP contribution in [0.5, 0.6) is 5.88 Å². The van der Waals surface area contributed by atoms with Crippen molar-refractivity contribution >= 4 is 17.0 Å². The number of aromatic hydroxyl groups is 1. The molecule has 0 spiro atoms. The molecule has 8 nitrogen and oxygen atoms in total. The maximum atomic E-state index is 15.4. The van der Waals surface area contributed by atoms with Gasteiger partial charge in [-0.25, -0.2) is 19.2 Å². The summed E-state index contributed by atoms with van der Waals surface area (Å²) in [7, 11) is 1.18. The summed E-state index contributed by atoms with van der Waals surface area (Å²) < 4.78 is 66.6. The fraction of sp³-hybridized carbons (Fsp3) is 0.435. The van der Waals surface area contributed by atoms with Gasteiger partial charge in [0.25, 0.3) is 0 Å². The Morgan fingerprint density at radius 2 is 2.09 bits per heavy atom. The number of esters is 1. The Labute approximate surface area is 197 Å². The van der Waals surface area contributed by atoms with E-state index in [1.807, 2.05) is 4.90 Å². The van der Waals surface area contributed by atoms with Crippen molar-refractivity contribution in [2.45, 2.75) is 44.8 Å². The molecule has 5 rings (SSSR count). The molecule has 12 heteroatoms. The Hall–Kier alpha value is -3.25. The Morgan fingerprint density at radius 1 is 1.31 bits per heavy atom. The van der Waals surface area contributed by atoms with Crippen LogP contribution < -0.4 is 0 Å². The molecule has 4 heterocycles. The molecule has 1 aromatic carbocycles. The van der Waals surface area contributed by atoms with E-state index in [1.165, 1.54) is 13.2 Å². The summed E-state index contributed by atoms with van der Waals surface area (Å²) in [6.07, 6.45) is -3.70. The average Bonchev–Trinajstić information content (AvgIpc) is 3.12. The number of alkyl halides is 3. The number of halogens is 4. The van der Waals surface area contributed by atoms with Crippen LogP contribution in [0.3, 0.4) is 0 Å². The Bertz CT molecular complexity index is 1300. The van der Waals surface area contributed by atoms with Gasteiger partial charge in [0.05, 0.1) is 43.1 Å². The zero-order chi connectivity index (χ0) is 24.9. The number of aromatic nitrogens is 3. The van der Waals surface area contributed by atoms with Crippen molar-refractivity contribution in [3.8, 4) is 5.88 Å². The predicted octanol–water partition coefficient (Wildman–Crippen LogP) is 3.43. The minimum Gasteiger partial charge on any atom is -0.493 e. The summed E-state index contributed by atoms with van der Waals surface area (Å²) in [5, 5.41) is 9.81. The van der Waals surface area contributed by atoms with Crippen LogP contribution in [0.15, 0.2) is 18.2 Å². The topological polar surface area (TPSA) is 89.7 Å². The van der Waals surface area contributed by atoms with Gasteiger partial charge in [0.1, 0.15) is 16.9 Å². The fourth-order valence-electron chi connectivity index (χ4n) is 4.50. The number of benzene rings is 1. The van der Waals surface area contributed by atoms with E-state index in [-0.39, 0.29) is 30.3 Å². The van der Waals surface area contributed by atoms with Gasteiger partial charge in [-0.05, 0) is 36.6 Å². The van der Waals surface area contributed by atoms with Gasteiger partial charge in [-0.1, -0.05) is 0 Å². The number of fused-ring (bicyclic) bond motifs is 2. The molecular weight excluding hydrogens is 472 g/mol. The third-order valence-electron chi connectivity index (χ3n) is 6.42. The second-order valence-electron chi connectivity index (χ2n) is 8.63. The minimum atomic E-state index is -4.69. The van der Waals surface area contributed by atoms with Crippen molar-refractivity contribution in [3.05, 3.63) is 52.2 Å². The summed E-state index contributed by atoms with van der Waals surface area (Å²) in [6, 6.07) is 3.82. The number of methoxy groups -OCH3 is 1. The summed E-state index contributed by atoms with van der Waals surface area (Å²) in [6.45, 7) is 1.83. The van der Waals surface area contributed by atoms with Crippen molar-refractivity contribution in [1.82, 2.24) is 19.4 Å². The molecule has 0 saturated carbocycles. The molecule has 0 radical (unpaired) electrons. The second-order valence-corrected chi connectivity index (χ2v) is 8.63. The van der Waals surface area contributed by atoms with E-state index >= 15 is 4.39 Å². The number of hydrogen-bond donors (Lipinski definition) is 1. The average molecular weight is 494 g/mol. The van der Waals surface area contributed by atoms with Crippen molar-refractivity contribution in [3.63, 3.8) is 0 Å². The van der Waals surface area contributed by atoms with Gasteiger partial charge >= 0.3 is 12.1 Å². The maximum absolute atomic E-state index is 15.4. The Kier molecular flexibility index (Phi) is 5.88. The van der Waals surface area contributed by atoms with Gasteiger partial charge < -0.3 is 19.1 Å². The molecule has 2 aromatic heterocycles. The lowest BCUT2D eigenvalue weighted by Crippen LogP contribution is -2.34. The van der Waals surface area contributed by atoms with E-state index in [0.717, 1.165) is 12.5 Å². The maximum Gasteiger partial charge on any atom is 0.421 e. The molecule has 0 bridgehead atoms. The van der Waals surface area contributed by atoms with Crippen molar-refractivity contribution in [2.75, 3.05) is 20.3 Å². The van der Waals surface area contributed by atoms with E-state index in [9.17, 15) is 23.1 Å². The zero-order valence-corrected chi connectivity index (χ0v) is 18.7. The first-order valence-electron chi connectivity index (χ1n) is 11.0. The number of carbonyl (C=O) groups is 1. The summed E-state index contributed by atoms with van der Waals surface area (Å²) in [5.74, 6) is -2.06. The molecule has 0 unspecified atom stereocenters. The van der Waals surface area contributed by atoms with Gasteiger partial charge in [-0.3, -0.25) is 4.90 Å². The lowest BCUT2D eigenvalue weighted by atomic mass is 10.0. The highest BCUT2D eigenvalue weighted by atomic mass is 19.4. The molecule has 1 fully saturated rings. The van der Waals surface area contributed by atoms with E-state index in [4.69, 9.17) is 4.74 Å². The highest BCUT2D eigenvalue weighted by molar-refractivity contribution is 5.94. The van der Waals surface area contributed by atoms with Crippen LogP contribution in [-0.4, -0.2) is 56.9 Å². The van der Waals surface area contributed by atoms with Crippen molar-refractivity contribution in [2.24, 2.45) is 0 Å². The molecule has 1 atom stereocenters. The molecule has 2 aliphatic heterocycles. The monoisotopic (exact) mass is 494 g/mol. The SMILES string of the molecule is COC(=O)c1ccc2nc(CN3CCc4cc(C(F)(F)F)c(O)nc4C3)n(C[C@@H]3CCO3)c2c1F. The standard InChI is InChI=1S/C23H22F4N4O4/c1-34-22(33)14-2-3-16-20(19(14)24)31(9-13-5-7-35-13)18(28-16)11-30-6-4-12-8-15(23(25,26)27)21(32)29-17(12)10-30/h2-3,8,13H,4-7,9-11H2,1H3,(H,29,32)/t13-/m0/s1. The number of ether oxygens (including phenoxy) is 2. The fourth-order valence-corrected chi connectivity index (χ4v) is 4.50. The van der Waals surface area contributed by atoms with Crippen molar-refractivity contribution in [1.29, 1.82) is 0 Å². The molecule has 2 aliphatic rings. The first-order valence-corrected chi connectivity index (χ1v) is 11.0. The van der Waals surface area contributed by atoms with Crippen LogP contribution in [0, 0.1) is 5.82 Å². The number of carbonyl (C=O) groups excluding carboxylic acids is 1.